The van der Waals surface area contributed by atoms with Crippen molar-refractivity contribution in [3.05, 3.63) is 40.7 Å². The maximum Gasteiger partial charge on any atom is 0.246 e. The maximum atomic E-state index is 13.6. The number of amides is 2. The molecule has 2 saturated heterocycles. The molecule has 2 amide bonds. The van der Waals surface area contributed by atoms with Gasteiger partial charge in [0.05, 0.1) is 11.1 Å². The zero-order valence-corrected chi connectivity index (χ0v) is 20.4. The number of likely N-dealkylation sites (tertiary alicyclic amines) is 1. The molecule has 33 heavy (non-hydrogen) atoms. The number of aliphatic hydroxyl groups excluding tert-OH is 1. The predicted molar refractivity (Wildman–Crippen MR) is 128 cm³/mol. The van der Waals surface area contributed by atoms with Gasteiger partial charge in [0.1, 0.15) is 5.82 Å². The Labute approximate surface area is 201 Å². The minimum Gasteiger partial charge on any atom is -0.391 e. The van der Waals surface area contributed by atoms with Gasteiger partial charge in [0.15, 0.2) is 0 Å². The van der Waals surface area contributed by atoms with Crippen molar-refractivity contribution in [2.75, 3.05) is 45.8 Å². The Bertz CT molecular complexity index is 876. The van der Waals surface area contributed by atoms with E-state index >= 15 is 0 Å². The molecule has 0 saturated carbocycles. The number of β-amino-alcohol motifs (C(OH)–C–C–N with tert-alkyl or cyclic N) is 1. The third kappa shape index (κ3) is 7.26. The van der Waals surface area contributed by atoms with Crippen LogP contribution in [0.4, 0.5) is 4.39 Å². The van der Waals surface area contributed by atoms with Crippen molar-refractivity contribution in [3.8, 4) is 0 Å². The normalized spacial score (nSPS) is 22.1. The summed E-state index contributed by atoms with van der Waals surface area (Å²) in [5.41, 5.74) is 0.543. The Morgan fingerprint density at radius 3 is 2.70 bits per heavy atom. The molecule has 6 nitrogen and oxygen atoms in total. The van der Waals surface area contributed by atoms with Gasteiger partial charge in [-0.15, -0.1) is 0 Å². The fraction of sp³-hybridized carbons (Fsp3) is 0.600. The second-order valence-electron chi connectivity index (χ2n) is 9.73. The average molecular weight is 480 g/mol. The van der Waals surface area contributed by atoms with Gasteiger partial charge in [-0.3, -0.25) is 9.59 Å². The highest BCUT2D eigenvalue weighted by Gasteiger charge is 2.33. The monoisotopic (exact) mass is 479 g/mol. The number of benzene rings is 1. The molecule has 1 atom stereocenters. The number of hydrogen-bond donors (Lipinski definition) is 1. The van der Waals surface area contributed by atoms with Gasteiger partial charge in [-0.1, -0.05) is 31.5 Å². The SMILES string of the molecule is CC1(C)CCN(CCCCN2CCN(C(=O)/C=C/c3ccc(Cl)c(F)c3)CCC2=O)CC1O. The van der Waals surface area contributed by atoms with E-state index in [0.29, 0.717) is 44.7 Å². The van der Waals surface area contributed by atoms with Crippen LogP contribution in [0, 0.1) is 11.2 Å². The molecule has 0 aliphatic carbocycles. The molecular weight excluding hydrogens is 445 g/mol. The van der Waals surface area contributed by atoms with Crippen LogP contribution in [-0.2, 0) is 9.59 Å². The van der Waals surface area contributed by atoms with Crippen molar-refractivity contribution in [2.45, 2.75) is 45.6 Å². The quantitative estimate of drug-likeness (QED) is 0.480. The largest absolute Gasteiger partial charge is 0.391 e. The minimum atomic E-state index is -0.525. The highest BCUT2D eigenvalue weighted by atomic mass is 35.5. The summed E-state index contributed by atoms with van der Waals surface area (Å²) in [6.07, 6.45) is 5.85. The fourth-order valence-corrected chi connectivity index (χ4v) is 4.37. The first-order valence-electron chi connectivity index (χ1n) is 11.8. The van der Waals surface area contributed by atoms with Crippen LogP contribution >= 0.6 is 11.6 Å². The number of carbonyl (C=O) groups excluding carboxylic acids is 2. The van der Waals surface area contributed by atoms with Crippen molar-refractivity contribution in [1.82, 2.24) is 14.7 Å². The van der Waals surface area contributed by atoms with E-state index in [0.717, 1.165) is 32.4 Å². The number of piperidine rings is 1. The predicted octanol–water partition coefficient (Wildman–Crippen LogP) is 3.43. The fourth-order valence-electron chi connectivity index (χ4n) is 4.25. The average Bonchev–Trinajstić information content (AvgIpc) is 2.96. The van der Waals surface area contributed by atoms with Crippen molar-refractivity contribution < 1.29 is 19.1 Å². The van der Waals surface area contributed by atoms with Gasteiger partial charge in [-0.25, -0.2) is 4.39 Å². The number of aliphatic hydroxyl groups is 1. The van der Waals surface area contributed by atoms with Gasteiger partial charge in [-0.05, 0) is 61.5 Å². The Morgan fingerprint density at radius 1 is 1.21 bits per heavy atom. The highest BCUT2D eigenvalue weighted by molar-refractivity contribution is 6.30. The molecule has 182 valence electrons. The molecule has 0 aromatic heterocycles. The summed E-state index contributed by atoms with van der Waals surface area (Å²) in [6, 6.07) is 4.39. The van der Waals surface area contributed by atoms with E-state index < -0.39 is 5.82 Å². The molecule has 2 aliphatic rings. The minimum absolute atomic E-state index is 0.0154. The molecule has 1 aromatic carbocycles. The zero-order valence-electron chi connectivity index (χ0n) is 19.6. The number of halogens is 2. The van der Waals surface area contributed by atoms with Gasteiger partial charge in [-0.2, -0.15) is 0 Å². The highest BCUT2D eigenvalue weighted by Crippen LogP contribution is 2.30. The van der Waals surface area contributed by atoms with E-state index in [4.69, 9.17) is 11.6 Å². The summed E-state index contributed by atoms with van der Waals surface area (Å²) in [4.78, 5) is 30.9. The smallest absolute Gasteiger partial charge is 0.246 e. The number of carbonyl (C=O) groups is 2. The lowest BCUT2D eigenvalue weighted by Gasteiger charge is -2.41. The summed E-state index contributed by atoms with van der Waals surface area (Å²) in [6.45, 7) is 8.93. The molecule has 8 heteroatoms. The number of rotatable bonds is 7. The van der Waals surface area contributed by atoms with Crippen LogP contribution in [0.1, 0.15) is 45.1 Å². The Balaban J connectivity index is 1.41. The Kier molecular flexibility index (Phi) is 8.90. The van der Waals surface area contributed by atoms with E-state index in [-0.39, 0.29) is 28.4 Å². The zero-order chi connectivity index (χ0) is 24.0. The summed E-state index contributed by atoms with van der Waals surface area (Å²) >= 11 is 5.69. The lowest BCUT2D eigenvalue weighted by atomic mass is 9.80. The second kappa shape index (κ2) is 11.4. The standard InChI is InChI=1S/C25H35ClFN3O3/c1-25(2)10-14-28(18-22(25)31)11-3-4-12-29-15-16-30(13-9-24(29)33)23(32)8-6-19-5-7-20(26)21(27)17-19/h5-8,17,22,31H,3-4,9-16,18H2,1-2H3/b8-6+. The van der Waals surface area contributed by atoms with Gasteiger partial charge >= 0.3 is 0 Å². The Morgan fingerprint density at radius 2 is 1.97 bits per heavy atom. The number of hydrogen-bond acceptors (Lipinski definition) is 4. The molecule has 3 rings (SSSR count). The van der Waals surface area contributed by atoms with E-state index in [9.17, 15) is 19.1 Å². The third-order valence-electron chi connectivity index (χ3n) is 6.82. The molecule has 2 fully saturated rings. The first-order valence-corrected chi connectivity index (χ1v) is 12.1. The summed E-state index contributed by atoms with van der Waals surface area (Å²) < 4.78 is 13.6. The van der Waals surface area contributed by atoms with Crippen molar-refractivity contribution in [1.29, 1.82) is 0 Å². The van der Waals surface area contributed by atoms with Gasteiger partial charge in [0, 0.05) is 45.2 Å². The van der Waals surface area contributed by atoms with Crippen molar-refractivity contribution >= 4 is 29.5 Å². The summed E-state index contributed by atoms with van der Waals surface area (Å²) in [7, 11) is 0. The second-order valence-corrected chi connectivity index (χ2v) is 10.1. The van der Waals surface area contributed by atoms with Crippen LogP contribution < -0.4 is 0 Å². The molecule has 1 aromatic rings. The third-order valence-corrected chi connectivity index (χ3v) is 7.13. The lowest BCUT2D eigenvalue weighted by Crippen LogP contribution is -2.48. The van der Waals surface area contributed by atoms with Crippen LogP contribution in [0.25, 0.3) is 6.08 Å². The first-order chi connectivity index (χ1) is 15.7. The van der Waals surface area contributed by atoms with Crippen molar-refractivity contribution in [2.24, 2.45) is 5.41 Å². The maximum absolute atomic E-state index is 13.6. The Hall–Kier alpha value is -1.96. The first kappa shape index (κ1) is 25.7. The molecule has 1 N–H and O–H groups in total. The van der Waals surface area contributed by atoms with Crippen LogP contribution in [0.3, 0.4) is 0 Å². The van der Waals surface area contributed by atoms with Crippen molar-refractivity contribution in [3.63, 3.8) is 0 Å². The molecule has 0 spiro atoms. The van der Waals surface area contributed by atoms with E-state index in [1.165, 1.54) is 18.2 Å². The molecular formula is C25H35ClFN3O3. The van der Waals surface area contributed by atoms with Gasteiger partial charge < -0.3 is 19.8 Å². The number of unbranched alkanes of at least 4 members (excludes halogenated alkanes) is 1. The topological polar surface area (TPSA) is 64.1 Å². The van der Waals surface area contributed by atoms with Gasteiger partial charge in [0.2, 0.25) is 11.8 Å². The lowest BCUT2D eigenvalue weighted by molar-refractivity contribution is -0.130. The van der Waals surface area contributed by atoms with Crippen LogP contribution in [0.15, 0.2) is 24.3 Å². The molecule has 2 aliphatic heterocycles. The van der Waals surface area contributed by atoms with E-state index in [2.05, 4.69) is 18.7 Å². The van der Waals surface area contributed by atoms with Crippen LogP contribution in [0.5, 0.6) is 0 Å². The van der Waals surface area contributed by atoms with Crippen LogP contribution in [-0.4, -0.2) is 83.5 Å². The molecule has 0 bridgehead atoms. The van der Waals surface area contributed by atoms with E-state index in [1.807, 2.05) is 4.90 Å². The van der Waals surface area contributed by atoms with Gasteiger partial charge in [0.25, 0.3) is 0 Å². The number of nitrogens with zero attached hydrogens (tertiary/aromatic N) is 3. The molecule has 0 radical (unpaired) electrons. The molecule has 2 heterocycles. The summed E-state index contributed by atoms with van der Waals surface area (Å²) in [5, 5.41) is 10.3. The summed E-state index contributed by atoms with van der Waals surface area (Å²) in [5.74, 6) is -0.640. The van der Waals surface area contributed by atoms with E-state index in [1.54, 1.807) is 17.0 Å². The van der Waals surface area contributed by atoms with Crippen LogP contribution in [0.2, 0.25) is 5.02 Å². The molecule has 1 unspecified atom stereocenters.